The summed E-state index contributed by atoms with van der Waals surface area (Å²) >= 11 is 0. The first-order valence-electron chi connectivity index (χ1n) is 5.82. The van der Waals surface area contributed by atoms with Crippen LogP contribution in [0.25, 0.3) is 0 Å². The summed E-state index contributed by atoms with van der Waals surface area (Å²) in [6, 6.07) is 6.06. The lowest BCUT2D eigenvalue weighted by molar-refractivity contribution is 0.0450. The molecule has 1 aromatic carbocycles. The van der Waals surface area contributed by atoms with Crippen molar-refractivity contribution in [2.75, 3.05) is 23.7 Å². The van der Waals surface area contributed by atoms with Gasteiger partial charge in [-0.1, -0.05) is 12.1 Å². The zero-order valence-corrected chi connectivity index (χ0v) is 10.0. The summed E-state index contributed by atoms with van der Waals surface area (Å²) in [5.74, 6) is 0. The van der Waals surface area contributed by atoms with Crippen molar-refractivity contribution in [3.63, 3.8) is 0 Å². The fourth-order valence-electron chi connectivity index (χ4n) is 2.37. The zero-order chi connectivity index (χ0) is 11.8. The number of aryl methyl sites for hydroxylation is 1. The Morgan fingerprint density at radius 2 is 2.19 bits per heavy atom. The number of nitrogens with two attached hydrogens (primary N) is 1. The Balaban J connectivity index is 2.27. The van der Waals surface area contributed by atoms with Crippen molar-refractivity contribution in [1.29, 1.82) is 0 Å². The van der Waals surface area contributed by atoms with Crippen molar-refractivity contribution >= 4 is 11.4 Å². The van der Waals surface area contributed by atoms with E-state index < -0.39 is 5.60 Å². The molecule has 3 N–H and O–H groups in total. The second kappa shape index (κ2) is 3.98. The first-order valence-corrected chi connectivity index (χ1v) is 5.82. The number of benzene rings is 1. The van der Waals surface area contributed by atoms with Crippen LogP contribution in [0.15, 0.2) is 18.2 Å². The molecule has 0 amide bonds. The molecule has 88 valence electrons. The topological polar surface area (TPSA) is 49.5 Å². The van der Waals surface area contributed by atoms with Crippen LogP contribution in [-0.2, 0) is 0 Å². The molecule has 1 aliphatic heterocycles. The van der Waals surface area contributed by atoms with Crippen LogP contribution in [-0.4, -0.2) is 23.8 Å². The standard InChI is InChI=1S/C13H20N2O/c1-10-5-3-6-11(12(10)14)15-8-4-7-13(2,16)9-15/h3,5-6,16H,4,7-9,14H2,1-2H3. The summed E-state index contributed by atoms with van der Waals surface area (Å²) in [6.45, 7) is 5.55. The highest BCUT2D eigenvalue weighted by atomic mass is 16.3. The van der Waals surface area contributed by atoms with Gasteiger partial charge in [0.1, 0.15) is 0 Å². The Hall–Kier alpha value is -1.22. The fraction of sp³-hybridized carbons (Fsp3) is 0.538. The molecule has 0 bridgehead atoms. The molecule has 1 aromatic rings. The Morgan fingerprint density at radius 1 is 1.44 bits per heavy atom. The van der Waals surface area contributed by atoms with Gasteiger partial charge in [-0.15, -0.1) is 0 Å². The Kier molecular flexibility index (Phi) is 2.80. The number of para-hydroxylation sites is 1. The molecule has 3 heteroatoms. The Labute approximate surface area is 96.9 Å². The van der Waals surface area contributed by atoms with Crippen LogP contribution in [0.3, 0.4) is 0 Å². The largest absolute Gasteiger partial charge is 0.397 e. The molecule has 0 saturated carbocycles. The van der Waals surface area contributed by atoms with E-state index in [4.69, 9.17) is 5.73 Å². The molecule has 16 heavy (non-hydrogen) atoms. The van der Waals surface area contributed by atoms with Crippen LogP contribution in [0.5, 0.6) is 0 Å². The Bertz CT molecular complexity index is 388. The molecule has 1 saturated heterocycles. The van der Waals surface area contributed by atoms with Crippen molar-refractivity contribution in [2.24, 2.45) is 0 Å². The van der Waals surface area contributed by atoms with Gasteiger partial charge in [-0.05, 0) is 38.3 Å². The number of hydrogen-bond acceptors (Lipinski definition) is 3. The molecule has 1 unspecified atom stereocenters. The number of piperidine rings is 1. The lowest BCUT2D eigenvalue weighted by Crippen LogP contribution is -2.46. The SMILES string of the molecule is Cc1cccc(N2CCCC(C)(O)C2)c1N. The van der Waals surface area contributed by atoms with Crippen molar-refractivity contribution in [3.05, 3.63) is 23.8 Å². The number of nitrogens with zero attached hydrogens (tertiary/aromatic N) is 1. The minimum atomic E-state index is -0.589. The summed E-state index contributed by atoms with van der Waals surface area (Å²) in [7, 11) is 0. The highest BCUT2D eigenvalue weighted by molar-refractivity contribution is 5.71. The molecule has 1 aliphatic rings. The number of nitrogen functional groups attached to an aromatic ring is 1. The van der Waals surface area contributed by atoms with Crippen LogP contribution in [0.1, 0.15) is 25.3 Å². The summed E-state index contributed by atoms with van der Waals surface area (Å²) in [6.07, 6.45) is 1.88. The van der Waals surface area contributed by atoms with Crippen molar-refractivity contribution in [2.45, 2.75) is 32.3 Å². The third-order valence-corrected chi connectivity index (χ3v) is 3.32. The van der Waals surface area contributed by atoms with E-state index in [9.17, 15) is 5.11 Å². The van der Waals surface area contributed by atoms with Gasteiger partial charge in [0.25, 0.3) is 0 Å². The average molecular weight is 220 g/mol. The van der Waals surface area contributed by atoms with Gasteiger partial charge in [0.05, 0.1) is 17.0 Å². The normalized spacial score (nSPS) is 25.8. The third kappa shape index (κ3) is 2.14. The predicted molar refractivity (Wildman–Crippen MR) is 67.7 cm³/mol. The van der Waals surface area contributed by atoms with Gasteiger partial charge < -0.3 is 15.7 Å². The van der Waals surface area contributed by atoms with E-state index in [1.165, 1.54) is 0 Å². The molecule has 3 nitrogen and oxygen atoms in total. The van der Waals surface area contributed by atoms with Crippen molar-refractivity contribution in [1.82, 2.24) is 0 Å². The number of rotatable bonds is 1. The van der Waals surface area contributed by atoms with Gasteiger partial charge >= 0.3 is 0 Å². The lowest BCUT2D eigenvalue weighted by atomic mass is 9.94. The van der Waals surface area contributed by atoms with Gasteiger partial charge in [-0.2, -0.15) is 0 Å². The second-order valence-electron chi connectivity index (χ2n) is 5.03. The second-order valence-corrected chi connectivity index (χ2v) is 5.03. The molecule has 0 radical (unpaired) electrons. The molecule has 1 atom stereocenters. The van der Waals surface area contributed by atoms with Crippen LogP contribution in [0.2, 0.25) is 0 Å². The van der Waals surface area contributed by atoms with E-state index in [1.807, 2.05) is 32.0 Å². The average Bonchev–Trinajstić information content (AvgIpc) is 2.20. The highest BCUT2D eigenvalue weighted by Crippen LogP contribution is 2.31. The van der Waals surface area contributed by atoms with Crippen molar-refractivity contribution < 1.29 is 5.11 Å². The minimum Gasteiger partial charge on any atom is -0.397 e. The smallest absolute Gasteiger partial charge is 0.0794 e. The van der Waals surface area contributed by atoms with E-state index in [1.54, 1.807) is 0 Å². The number of β-amino-alcohol motifs (C(OH)–C–C–N with tert-alkyl or cyclic N) is 1. The molecular weight excluding hydrogens is 200 g/mol. The van der Waals surface area contributed by atoms with Crippen LogP contribution in [0, 0.1) is 6.92 Å². The molecular formula is C13H20N2O. The molecule has 0 aliphatic carbocycles. The quantitative estimate of drug-likeness (QED) is 0.711. The van der Waals surface area contributed by atoms with Gasteiger partial charge in [-0.3, -0.25) is 0 Å². The molecule has 1 fully saturated rings. The van der Waals surface area contributed by atoms with Gasteiger partial charge in [0.2, 0.25) is 0 Å². The molecule has 1 heterocycles. The first-order chi connectivity index (χ1) is 7.49. The van der Waals surface area contributed by atoms with E-state index in [0.29, 0.717) is 6.54 Å². The zero-order valence-electron chi connectivity index (χ0n) is 10.0. The van der Waals surface area contributed by atoms with E-state index in [2.05, 4.69) is 4.90 Å². The maximum absolute atomic E-state index is 10.1. The molecule has 0 aromatic heterocycles. The first kappa shape index (κ1) is 11.3. The van der Waals surface area contributed by atoms with Crippen LogP contribution >= 0.6 is 0 Å². The van der Waals surface area contributed by atoms with E-state index in [-0.39, 0.29) is 0 Å². The summed E-state index contributed by atoms with van der Waals surface area (Å²) < 4.78 is 0. The van der Waals surface area contributed by atoms with Crippen LogP contribution in [0.4, 0.5) is 11.4 Å². The highest BCUT2D eigenvalue weighted by Gasteiger charge is 2.29. The maximum Gasteiger partial charge on any atom is 0.0794 e. The van der Waals surface area contributed by atoms with Gasteiger partial charge in [0.15, 0.2) is 0 Å². The van der Waals surface area contributed by atoms with Crippen molar-refractivity contribution in [3.8, 4) is 0 Å². The lowest BCUT2D eigenvalue weighted by Gasteiger charge is -2.38. The predicted octanol–water partition coefficient (Wildman–Crippen LogP) is 1.93. The number of hydrogen-bond donors (Lipinski definition) is 2. The molecule has 0 spiro atoms. The summed E-state index contributed by atoms with van der Waals surface area (Å²) in [5, 5.41) is 10.1. The third-order valence-electron chi connectivity index (χ3n) is 3.32. The number of anilines is 2. The maximum atomic E-state index is 10.1. The number of aliphatic hydroxyl groups is 1. The fourth-order valence-corrected chi connectivity index (χ4v) is 2.37. The minimum absolute atomic E-state index is 0.589. The van der Waals surface area contributed by atoms with Gasteiger partial charge in [0, 0.05) is 13.1 Å². The van der Waals surface area contributed by atoms with Gasteiger partial charge in [-0.25, -0.2) is 0 Å². The summed E-state index contributed by atoms with van der Waals surface area (Å²) in [4.78, 5) is 2.19. The monoisotopic (exact) mass is 220 g/mol. The summed E-state index contributed by atoms with van der Waals surface area (Å²) in [5.41, 5.74) is 8.48. The Morgan fingerprint density at radius 3 is 2.88 bits per heavy atom. The van der Waals surface area contributed by atoms with E-state index >= 15 is 0 Å². The van der Waals surface area contributed by atoms with Crippen LogP contribution < -0.4 is 10.6 Å². The molecule has 2 rings (SSSR count). The van der Waals surface area contributed by atoms with E-state index in [0.717, 1.165) is 36.3 Å².